The van der Waals surface area contributed by atoms with E-state index in [2.05, 4.69) is 11.8 Å². The average Bonchev–Trinajstić information content (AvgIpc) is 2.19. The van der Waals surface area contributed by atoms with Crippen LogP contribution in [0, 0.1) is 0 Å². The van der Waals surface area contributed by atoms with Gasteiger partial charge in [0.25, 0.3) is 0 Å². The highest BCUT2D eigenvalue weighted by Gasteiger charge is 2.29. The zero-order valence-corrected chi connectivity index (χ0v) is 9.06. The fourth-order valence-corrected chi connectivity index (χ4v) is 2.20. The van der Waals surface area contributed by atoms with Crippen LogP contribution in [-0.2, 0) is 0 Å². The van der Waals surface area contributed by atoms with Crippen molar-refractivity contribution in [3.05, 3.63) is 29.8 Å². The first-order valence-corrected chi connectivity index (χ1v) is 5.49. The number of likely N-dealkylation sites (tertiary alicyclic amines) is 1. The first kappa shape index (κ1) is 10.5. The molecule has 0 saturated carbocycles. The molecule has 0 spiro atoms. The van der Waals surface area contributed by atoms with Crippen molar-refractivity contribution >= 4 is 0 Å². The minimum atomic E-state index is 0.328. The minimum Gasteiger partial charge on any atom is -0.508 e. The Labute approximate surface area is 90.5 Å². The van der Waals surface area contributed by atoms with Crippen LogP contribution in [0.15, 0.2) is 24.3 Å². The van der Waals surface area contributed by atoms with Gasteiger partial charge in [-0.1, -0.05) is 19.1 Å². The number of nitrogens with two attached hydrogens (primary N) is 1. The molecule has 3 N–H and O–H groups in total. The van der Waals surface area contributed by atoms with Gasteiger partial charge in [0.2, 0.25) is 0 Å². The fourth-order valence-electron chi connectivity index (χ4n) is 2.20. The van der Waals surface area contributed by atoms with E-state index < -0.39 is 0 Å². The van der Waals surface area contributed by atoms with Crippen molar-refractivity contribution in [2.75, 3.05) is 13.1 Å². The number of aromatic hydroxyl groups is 1. The van der Waals surface area contributed by atoms with Crippen molar-refractivity contribution in [3.63, 3.8) is 0 Å². The van der Waals surface area contributed by atoms with Crippen LogP contribution in [0.4, 0.5) is 0 Å². The van der Waals surface area contributed by atoms with Crippen molar-refractivity contribution in [2.45, 2.75) is 25.4 Å². The highest BCUT2D eigenvalue weighted by atomic mass is 16.3. The molecule has 0 aliphatic carbocycles. The number of rotatable bonds is 3. The van der Waals surface area contributed by atoms with Crippen molar-refractivity contribution in [1.29, 1.82) is 0 Å². The third-order valence-corrected chi connectivity index (χ3v) is 3.04. The van der Waals surface area contributed by atoms with Crippen LogP contribution in [0.3, 0.4) is 0 Å². The Morgan fingerprint density at radius 3 is 2.47 bits per heavy atom. The maximum atomic E-state index is 9.23. The lowest BCUT2D eigenvalue weighted by atomic mass is 9.97. The molecule has 1 unspecified atom stereocenters. The third kappa shape index (κ3) is 2.13. The van der Waals surface area contributed by atoms with Gasteiger partial charge in [-0.3, -0.25) is 4.90 Å². The molecule has 0 bridgehead atoms. The highest BCUT2D eigenvalue weighted by Crippen LogP contribution is 2.28. The van der Waals surface area contributed by atoms with Gasteiger partial charge in [0.1, 0.15) is 5.75 Å². The summed E-state index contributed by atoms with van der Waals surface area (Å²) < 4.78 is 0. The zero-order valence-electron chi connectivity index (χ0n) is 9.06. The Balaban J connectivity index is 2.09. The van der Waals surface area contributed by atoms with E-state index >= 15 is 0 Å². The number of phenolic OH excluding ortho intramolecular Hbond substituents is 1. The number of hydrogen-bond acceptors (Lipinski definition) is 3. The molecule has 1 aromatic carbocycles. The molecule has 15 heavy (non-hydrogen) atoms. The first-order valence-electron chi connectivity index (χ1n) is 5.49. The van der Waals surface area contributed by atoms with Crippen molar-refractivity contribution in [2.24, 2.45) is 5.73 Å². The summed E-state index contributed by atoms with van der Waals surface area (Å²) in [5.41, 5.74) is 7.05. The molecular formula is C12H18N2O. The monoisotopic (exact) mass is 206 g/mol. The van der Waals surface area contributed by atoms with Gasteiger partial charge >= 0.3 is 0 Å². The summed E-state index contributed by atoms with van der Waals surface area (Å²) in [6.45, 7) is 4.15. The summed E-state index contributed by atoms with van der Waals surface area (Å²) in [4.78, 5) is 2.39. The molecule has 3 nitrogen and oxygen atoms in total. The number of phenols is 1. The largest absolute Gasteiger partial charge is 0.508 e. The second-order valence-electron chi connectivity index (χ2n) is 4.23. The highest BCUT2D eigenvalue weighted by molar-refractivity contribution is 5.28. The maximum absolute atomic E-state index is 9.23. The molecule has 1 saturated heterocycles. The van der Waals surface area contributed by atoms with Crippen LogP contribution in [0.1, 0.15) is 24.9 Å². The predicted octanol–water partition coefficient (Wildman–Crippen LogP) is 1.49. The summed E-state index contributed by atoms with van der Waals surface area (Å²) in [5.74, 6) is 0.328. The van der Waals surface area contributed by atoms with Gasteiger partial charge in [-0.2, -0.15) is 0 Å². The van der Waals surface area contributed by atoms with E-state index in [0.29, 0.717) is 17.8 Å². The molecule has 1 fully saturated rings. The van der Waals surface area contributed by atoms with Gasteiger partial charge in [0, 0.05) is 25.2 Å². The Morgan fingerprint density at radius 2 is 2.00 bits per heavy atom. The molecule has 0 aromatic heterocycles. The van der Waals surface area contributed by atoms with Gasteiger partial charge < -0.3 is 10.8 Å². The number of benzene rings is 1. The lowest BCUT2D eigenvalue weighted by Crippen LogP contribution is -2.56. The van der Waals surface area contributed by atoms with Crippen molar-refractivity contribution < 1.29 is 5.11 Å². The molecule has 82 valence electrons. The van der Waals surface area contributed by atoms with Crippen LogP contribution in [0.25, 0.3) is 0 Å². The molecule has 1 aromatic rings. The van der Waals surface area contributed by atoms with Crippen LogP contribution in [-0.4, -0.2) is 29.1 Å². The Morgan fingerprint density at radius 1 is 1.40 bits per heavy atom. The fraction of sp³-hybridized carbons (Fsp3) is 0.500. The topological polar surface area (TPSA) is 49.5 Å². The quantitative estimate of drug-likeness (QED) is 0.787. The Hall–Kier alpha value is -1.06. The molecular weight excluding hydrogens is 188 g/mol. The number of hydrogen-bond donors (Lipinski definition) is 2. The lowest BCUT2D eigenvalue weighted by Gasteiger charge is -2.42. The summed E-state index contributed by atoms with van der Waals surface area (Å²) >= 11 is 0. The van der Waals surface area contributed by atoms with Gasteiger partial charge in [-0.05, 0) is 24.1 Å². The normalized spacial score (nSPS) is 19.9. The van der Waals surface area contributed by atoms with Crippen LogP contribution < -0.4 is 5.73 Å². The summed E-state index contributed by atoms with van der Waals surface area (Å²) in [7, 11) is 0. The molecule has 0 amide bonds. The van der Waals surface area contributed by atoms with E-state index in [0.717, 1.165) is 19.5 Å². The molecule has 1 atom stereocenters. The molecule has 3 heteroatoms. The first-order chi connectivity index (χ1) is 7.20. The zero-order chi connectivity index (χ0) is 10.8. The average molecular weight is 206 g/mol. The van der Waals surface area contributed by atoms with E-state index in [4.69, 9.17) is 5.73 Å². The van der Waals surface area contributed by atoms with Crippen molar-refractivity contribution in [1.82, 2.24) is 4.90 Å². The van der Waals surface area contributed by atoms with Gasteiger partial charge in [-0.15, -0.1) is 0 Å². The van der Waals surface area contributed by atoms with E-state index in [-0.39, 0.29) is 0 Å². The van der Waals surface area contributed by atoms with Crippen LogP contribution >= 0.6 is 0 Å². The molecule has 1 aliphatic heterocycles. The van der Waals surface area contributed by atoms with Crippen LogP contribution in [0.2, 0.25) is 0 Å². The van der Waals surface area contributed by atoms with E-state index in [1.807, 2.05) is 12.1 Å². The van der Waals surface area contributed by atoms with Crippen molar-refractivity contribution in [3.8, 4) is 5.75 Å². The molecule has 1 aliphatic rings. The number of nitrogens with zero attached hydrogens (tertiary/aromatic N) is 1. The van der Waals surface area contributed by atoms with E-state index in [9.17, 15) is 5.11 Å². The molecule has 0 radical (unpaired) electrons. The SMILES string of the molecule is CCC(c1ccc(O)cc1)N1CC(N)C1. The van der Waals surface area contributed by atoms with E-state index in [1.54, 1.807) is 12.1 Å². The predicted molar refractivity (Wildman–Crippen MR) is 60.7 cm³/mol. The maximum Gasteiger partial charge on any atom is 0.115 e. The van der Waals surface area contributed by atoms with E-state index in [1.165, 1.54) is 5.56 Å². The van der Waals surface area contributed by atoms with Gasteiger partial charge in [0.15, 0.2) is 0 Å². The smallest absolute Gasteiger partial charge is 0.115 e. The molecule has 1 heterocycles. The van der Waals surface area contributed by atoms with Crippen LogP contribution in [0.5, 0.6) is 5.75 Å². The summed E-state index contributed by atoms with van der Waals surface area (Å²) in [6, 6.07) is 8.28. The summed E-state index contributed by atoms with van der Waals surface area (Å²) in [5, 5.41) is 9.23. The second kappa shape index (κ2) is 4.21. The summed E-state index contributed by atoms with van der Waals surface area (Å²) in [6.07, 6.45) is 1.08. The third-order valence-electron chi connectivity index (χ3n) is 3.04. The standard InChI is InChI=1S/C12H18N2O/c1-2-12(14-7-10(13)8-14)9-3-5-11(15)6-4-9/h3-6,10,12,15H,2,7-8,13H2,1H3. The lowest BCUT2D eigenvalue weighted by molar-refractivity contribution is 0.0910. The second-order valence-corrected chi connectivity index (χ2v) is 4.23. The van der Waals surface area contributed by atoms with Gasteiger partial charge in [-0.25, -0.2) is 0 Å². The minimum absolute atomic E-state index is 0.328. The van der Waals surface area contributed by atoms with Gasteiger partial charge in [0.05, 0.1) is 0 Å². The molecule has 2 rings (SSSR count). The Bertz CT molecular complexity index is 317. The Kier molecular flexibility index (Phi) is 2.93.